The molecule has 3 fully saturated rings. The third-order valence-corrected chi connectivity index (χ3v) is 6.80. The molecule has 0 spiro atoms. The van der Waals surface area contributed by atoms with Crippen molar-refractivity contribution in [2.45, 2.75) is 89.9 Å². The number of rotatable bonds is 6. The van der Waals surface area contributed by atoms with Crippen molar-refractivity contribution in [2.24, 2.45) is 4.99 Å². The Kier molecular flexibility index (Phi) is 11.6. The molecular weight excluding hydrogens is 477 g/mol. The van der Waals surface area contributed by atoms with Gasteiger partial charge in [-0.2, -0.15) is 0 Å². The topological polar surface area (TPSA) is 52.1 Å². The van der Waals surface area contributed by atoms with Gasteiger partial charge in [0.1, 0.15) is 0 Å². The van der Waals surface area contributed by atoms with Crippen molar-refractivity contribution in [3.63, 3.8) is 0 Å². The zero-order valence-electron chi connectivity index (χ0n) is 18.9. The van der Waals surface area contributed by atoms with Crippen molar-refractivity contribution < 1.29 is 4.74 Å². The molecule has 2 aliphatic heterocycles. The van der Waals surface area contributed by atoms with Crippen LogP contribution in [0.1, 0.15) is 65.7 Å². The molecule has 2 unspecified atom stereocenters. The summed E-state index contributed by atoms with van der Waals surface area (Å²) in [7, 11) is 0. The Morgan fingerprint density at radius 3 is 2.48 bits per heavy atom. The van der Waals surface area contributed by atoms with E-state index in [-0.39, 0.29) is 24.0 Å². The number of halogens is 1. The molecule has 1 aliphatic carbocycles. The Bertz CT molecular complexity index is 478. The highest BCUT2D eigenvalue weighted by Gasteiger charge is 2.27. The summed E-state index contributed by atoms with van der Waals surface area (Å²) in [6, 6.07) is 2.34. The van der Waals surface area contributed by atoms with Gasteiger partial charge in [0.15, 0.2) is 5.96 Å². The van der Waals surface area contributed by atoms with Crippen LogP contribution in [0, 0.1) is 0 Å². The first kappa shape index (κ1) is 25.1. The van der Waals surface area contributed by atoms with Crippen LogP contribution in [-0.4, -0.2) is 85.9 Å². The zero-order valence-corrected chi connectivity index (χ0v) is 21.2. The zero-order chi connectivity index (χ0) is 19.8. The first-order chi connectivity index (χ1) is 13.7. The summed E-state index contributed by atoms with van der Waals surface area (Å²) in [6.45, 7) is 13.6. The third kappa shape index (κ3) is 7.82. The molecule has 170 valence electrons. The molecule has 0 aromatic rings. The van der Waals surface area contributed by atoms with Gasteiger partial charge in [-0.05, 0) is 46.5 Å². The lowest BCUT2D eigenvalue weighted by atomic mass is 9.92. The van der Waals surface area contributed by atoms with Crippen LogP contribution in [0.25, 0.3) is 0 Å². The Morgan fingerprint density at radius 1 is 1.10 bits per heavy atom. The van der Waals surface area contributed by atoms with Crippen LogP contribution in [0.2, 0.25) is 0 Å². The quantitative estimate of drug-likeness (QED) is 0.320. The number of aliphatic imine (C=N–C) groups is 1. The number of morpholine rings is 1. The number of hydrogen-bond donors (Lipinski definition) is 2. The van der Waals surface area contributed by atoms with E-state index >= 15 is 0 Å². The summed E-state index contributed by atoms with van der Waals surface area (Å²) in [6.07, 6.45) is 9.60. The van der Waals surface area contributed by atoms with E-state index in [0.29, 0.717) is 18.1 Å². The summed E-state index contributed by atoms with van der Waals surface area (Å²) in [4.78, 5) is 10.2. The molecule has 3 aliphatic rings. The third-order valence-electron chi connectivity index (χ3n) is 6.80. The van der Waals surface area contributed by atoms with Gasteiger partial charge in [-0.25, -0.2) is 0 Å². The summed E-state index contributed by atoms with van der Waals surface area (Å²) >= 11 is 0. The standard InChI is InChI=1S/C22H43N5O.HI/c1-4-23-22(24-16-18(2)27-14-15-28-17-19(27)3)25-20-10-12-26(13-11-20)21-8-6-5-7-9-21;/h18-21H,4-17H2,1-3H3,(H2,23,24,25);1H. The van der Waals surface area contributed by atoms with Crippen LogP contribution in [0.3, 0.4) is 0 Å². The van der Waals surface area contributed by atoms with Gasteiger partial charge in [0, 0.05) is 50.3 Å². The van der Waals surface area contributed by atoms with E-state index in [2.05, 4.69) is 41.2 Å². The number of nitrogens with one attached hydrogen (secondary N) is 2. The van der Waals surface area contributed by atoms with Crippen molar-refractivity contribution in [3.8, 4) is 0 Å². The molecule has 29 heavy (non-hydrogen) atoms. The van der Waals surface area contributed by atoms with Gasteiger partial charge in [0.2, 0.25) is 0 Å². The molecule has 1 saturated carbocycles. The monoisotopic (exact) mass is 521 g/mol. The molecule has 2 heterocycles. The molecule has 2 atom stereocenters. The van der Waals surface area contributed by atoms with Crippen LogP contribution in [-0.2, 0) is 4.74 Å². The van der Waals surface area contributed by atoms with Gasteiger partial charge in [0.05, 0.1) is 19.8 Å². The fourth-order valence-corrected chi connectivity index (χ4v) is 5.09. The van der Waals surface area contributed by atoms with Gasteiger partial charge in [-0.1, -0.05) is 19.3 Å². The Morgan fingerprint density at radius 2 is 1.83 bits per heavy atom. The van der Waals surface area contributed by atoms with Crippen molar-refractivity contribution in [1.82, 2.24) is 20.4 Å². The first-order valence-electron chi connectivity index (χ1n) is 11.8. The van der Waals surface area contributed by atoms with Crippen LogP contribution < -0.4 is 10.6 Å². The van der Waals surface area contributed by atoms with E-state index < -0.39 is 0 Å². The second kappa shape index (κ2) is 13.3. The van der Waals surface area contributed by atoms with Gasteiger partial charge in [-0.3, -0.25) is 9.89 Å². The Balaban J connectivity index is 0.00000300. The molecule has 0 bridgehead atoms. The number of guanidine groups is 1. The summed E-state index contributed by atoms with van der Waals surface area (Å²) in [5.41, 5.74) is 0. The highest BCUT2D eigenvalue weighted by atomic mass is 127. The van der Waals surface area contributed by atoms with Crippen LogP contribution >= 0.6 is 24.0 Å². The maximum atomic E-state index is 5.57. The first-order valence-corrected chi connectivity index (χ1v) is 11.8. The largest absolute Gasteiger partial charge is 0.379 e. The molecule has 0 aromatic carbocycles. The van der Waals surface area contributed by atoms with Crippen molar-refractivity contribution in [3.05, 3.63) is 0 Å². The highest BCUT2D eigenvalue weighted by Crippen LogP contribution is 2.25. The normalized spacial score (nSPS) is 27.3. The lowest BCUT2D eigenvalue weighted by Crippen LogP contribution is -2.52. The average molecular weight is 522 g/mol. The lowest BCUT2D eigenvalue weighted by Gasteiger charge is -2.40. The number of ether oxygens (including phenoxy) is 1. The SMILES string of the molecule is CCNC(=NCC(C)N1CCOCC1C)NC1CCN(C2CCCCC2)CC1.I. The van der Waals surface area contributed by atoms with Crippen molar-refractivity contribution in [2.75, 3.05) is 45.9 Å². The maximum Gasteiger partial charge on any atom is 0.191 e. The van der Waals surface area contributed by atoms with Crippen LogP contribution in [0.4, 0.5) is 0 Å². The molecule has 0 amide bonds. The summed E-state index contributed by atoms with van der Waals surface area (Å²) < 4.78 is 5.57. The number of likely N-dealkylation sites (tertiary alicyclic amines) is 1. The molecule has 7 heteroatoms. The van der Waals surface area contributed by atoms with Crippen molar-refractivity contribution >= 4 is 29.9 Å². The van der Waals surface area contributed by atoms with E-state index in [4.69, 9.17) is 9.73 Å². The van der Waals surface area contributed by atoms with Gasteiger partial charge < -0.3 is 20.3 Å². The molecular formula is C22H44IN5O. The second-order valence-corrected chi connectivity index (χ2v) is 8.98. The van der Waals surface area contributed by atoms with Gasteiger partial charge in [0.25, 0.3) is 0 Å². The summed E-state index contributed by atoms with van der Waals surface area (Å²) in [5, 5.41) is 7.17. The minimum atomic E-state index is 0. The van der Waals surface area contributed by atoms with E-state index in [1.807, 2.05) is 0 Å². The van der Waals surface area contributed by atoms with Gasteiger partial charge in [-0.15, -0.1) is 24.0 Å². The number of piperidine rings is 1. The average Bonchev–Trinajstić information content (AvgIpc) is 2.73. The Hall–Kier alpha value is -0.120. The lowest BCUT2D eigenvalue weighted by molar-refractivity contribution is -0.0166. The van der Waals surface area contributed by atoms with E-state index in [0.717, 1.165) is 44.8 Å². The molecule has 3 rings (SSSR count). The fraction of sp³-hybridized carbons (Fsp3) is 0.955. The van der Waals surface area contributed by atoms with Crippen LogP contribution in [0.5, 0.6) is 0 Å². The number of hydrogen-bond acceptors (Lipinski definition) is 4. The van der Waals surface area contributed by atoms with Crippen LogP contribution in [0.15, 0.2) is 4.99 Å². The summed E-state index contributed by atoms with van der Waals surface area (Å²) in [5.74, 6) is 0.992. The van der Waals surface area contributed by atoms with E-state index in [9.17, 15) is 0 Å². The smallest absolute Gasteiger partial charge is 0.191 e. The molecule has 2 saturated heterocycles. The van der Waals surface area contributed by atoms with E-state index in [1.165, 1.54) is 58.0 Å². The second-order valence-electron chi connectivity index (χ2n) is 8.98. The minimum Gasteiger partial charge on any atom is -0.379 e. The highest BCUT2D eigenvalue weighted by molar-refractivity contribution is 14.0. The van der Waals surface area contributed by atoms with Gasteiger partial charge >= 0.3 is 0 Å². The minimum absolute atomic E-state index is 0. The molecule has 0 aromatic heterocycles. The number of nitrogens with zero attached hydrogens (tertiary/aromatic N) is 3. The van der Waals surface area contributed by atoms with E-state index in [1.54, 1.807) is 0 Å². The molecule has 2 N–H and O–H groups in total. The van der Waals surface area contributed by atoms with Crippen molar-refractivity contribution in [1.29, 1.82) is 0 Å². The fourth-order valence-electron chi connectivity index (χ4n) is 5.09. The maximum absolute atomic E-state index is 5.57. The molecule has 0 radical (unpaired) electrons. The predicted octanol–water partition coefficient (Wildman–Crippen LogP) is 3.07. The predicted molar refractivity (Wildman–Crippen MR) is 132 cm³/mol. The Labute approximate surface area is 195 Å². The molecule has 6 nitrogen and oxygen atoms in total.